The van der Waals surface area contributed by atoms with Crippen molar-refractivity contribution in [3.63, 3.8) is 0 Å². The Labute approximate surface area is 215 Å². The molecular formula is C27H26ClN5OS. The molecule has 0 spiro atoms. The summed E-state index contributed by atoms with van der Waals surface area (Å²) in [5.41, 5.74) is 6.26. The Morgan fingerprint density at radius 3 is 2.49 bits per heavy atom. The lowest BCUT2D eigenvalue weighted by Gasteiger charge is -2.28. The van der Waals surface area contributed by atoms with Gasteiger partial charge in [-0.05, 0) is 86.6 Å². The topological polar surface area (TPSA) is 55.2 Å². The van der Waals surface area contributed by atoms with Crippen LogP contribution in [0.4, 0.5) is 5.69 Å². The van der Waals surface area contributed by atoms with Crippen LogP contribution in [0, 0.1) is 20.8 Å². The van der Waals surface area contributed by atoms with Gasteiger partial charge in [-0.2, -0.15) is 0 Å². The highest BCUT2D eigenvalue weighted by Crippen LogP contribution is 2.44. The summed E-state index contributed by atoms with van der Waals surface area (Å²) in [4.78, 5) is 11.5. The molecule has 6 nitrogen and oxygen atoms in total. The van der Waals surface area contributed by atoms with Crippen LogP contribution in [0.2, 0.25) is 5.02 Å². The Morgan fingerprint density at radius 1 is 1.00 bits per heavy atom. The molecule has 0 radical (unpaired) electrons. The largest absolute Gasteiger partial charge is 0.495 e. The van der Waals surface area contributed by atoms with Gasteiger partial charge in [0.25, 0.3) is 0 Å². The van der Waals surface area contributed by atoms with Gasteiger partial charge in [-0.15, -0.1) is 0 Å². The van der Waals surface area contributed by atoms with Crippen LogP contribution in [0.15, 0.2) is 67.0 Å². The highest BCUT2D eigenvalue weighted by Gasteiger charge is 2.42. The lowest BCUT2D eigenvalue weighted by molar-refractivity contribution is 0.415. The van der Waals surface area contributed by atoms with Crippen molar-refractivity contribution in [1.82, 2.24) is 19.9 Å². The van der Waals surface area contributed by atoms with Crippen molar-refractivity contribution in [2.75, 3.05) is 12.0 Å². The van der Waals surface area contributed by atoms with Gasteiger partial charge in [0, 0.05) is 29.5 Å². The van der Waals surface area contributed by atoms with Crippen molar-refractivity contribution in [2.24, 2.45) is 0 Å². The molecule has 1 fully saturated rings. The molecular weight excluding hydrogens is 478 g/mol. The van der Waals surface area contributed by atoms with Crippen molar-refractivity contribution in [3.8, 4) is 11.6 Å². The van der Waals surface area contributed by atoms with Crippen LogP contribution >= 0.6 is 23.8 Å². The van der Waals surface area contributed by atoms with E-state index in [2.05, 4.69) is 57.7 Å². The third-order valence-corrected chi connectivity index (χ3v) is 7.10. The molecule has 35 heavy (non-hydrogen) atoms. The fourth-order valence-corrected chi connectivity index (χ4v) is 5.48. The molecule has 2 atom stereocenters. The van der Waals surface area contributed by atoms with Gasteiger partial charge in [0.1, 0.15) is 11.6 Å². The van der Waals surface area contributed by atoms with Crippen molar-refractivity contribution < 1.29 is 4.74 Å². The van der Waals surface area contributed by atoms with Crippen LogP contribution in [-0.2, 0) is 0 Å². The number of hydrogen-bond donors (Lipinski definition) is 1. The maximum absolute atomic E-state index is 6.52. The van der Waals surface area contributed by atoms with E-state index in [1.165, 1.54) is 0 Å². The Morgan fingerprint density at radius 2 is 1.80 bits per heavy atom. The fraction of sp³-hybridized carbons (Fsp3) is 0.222. The summed E-state index contributed by atoms with van der Waals surface area (Å²) in [6.45, 7) is 6.32. The van der Waals surface area contributed by atoms with E-state index in [0.717, 1.165) is 39.7 Å². The number of pyridine rings is 2. The minimum atomic E-state index is -0.150. The van der Waals surface area contributed by atoms with Crippen LogP contribution in [0.5, 0.6) is 5.75 Å². The number of rotatable bonds is 5. The molecule has 178 valence electrons. The Kier molecular flexibility index (Phi) is 6.21. The van der Waals surface area contributed by atoms with Gasteiger partial charge >= 0.3 is 0 Å². The number of nitrogens with zero attached hydrogens (tertiary/aromatic N) is 4. The minimum absolute atomic E-state index is 0.147. The van der Waals surface area contributed by atoms with Gasteiger partial charge in [-0.3, -0.25) is 4.98 Å². The van der Waals surface area contributed by atoms with E-state index in [9.17, 15) is 0 Å². The normalized spacial score (nSPS) is 17.5. The van der Waals surface area contributed by atoms with Crippen molar-refractivity contribution in [2.45, 2.75) is 32.9 Å². The van der Waals surface area contributed by atoms with E-state index in [1.54, 1.807) is 7.11 Å². The van der Waals surface area contributed by atoms with E-state index in [-0.39, 0.29) is 12.1 Å². The first-order valence-corrected chi connectivity index (χ1v) is 12.1. The lowest BCUT2D eigenvalue weighted by Crippen LogP contribution is -2.29. The molecule has 3 aromatic heterocycles. The van der Waals surface area contributed by atoms with E-state index >= 15 is 0 Å². The molecule has 1 saturated heterocycles. The molecule has 0 aliphatic carbocycles. The van der Waals surface area contributed by atoms with Crippen molar-refractivity contribution in [1.29, 1.82) is 0 Å². The third-order valence-electron chi connectivity index (χ3n) is 6.49. The van der Waals surface area contributed by atoms with Crippen molar-refractivity contribution in [3.05, 3.63) is 100 Å². The molecule has 4 aromatic rings. The van der Waals surface area contributed by atoms with Gasteiger partial charge in [-0.1, -0.05) is 23.7 Å². The number of thiocarbonyl (C=S) groups is 1. The summed E-state index contributed by atoms with van der Waals surface area (Å²) in [6, 6.07) is 17.6. The molecule has 0 amide bonds. The first-order chi connectivity index (χ1) is 16.9. The van der Waals surface area contributed by atoms with Crippen LogP contribution in [-0.4, -0.2) is 26.8 Å². The average molecular weight is 504 g/mol. The lowest BCUT2D eigenvalue weighted by atomic mass is 9.96. The second-order valence-corrected chi connectivity index (χ2v) is 9.42. The number of ether oxygens (including phenoxy) is 1. The van der Waals surface area contributed by atoms with E-state index in [0.29, 0.717) is 15.9 Å². The highest BCUT2D eigenvalue weighted by molar-refractivity contribution is 7.80. The summed E-state index contributed by atoms with van der Waals surface area (Å²) in [6.07, 6.45) is 3.64. The summed E-state index contributed by atoms with van der Waals surface area (Å²) in [5, 5.41) is 4.66. The zero-order valence-electron chi connectivity index (χ0n) is 20.0. The van der Waals surface area contributed by atoms with Crippen LogP contribution in [0.25, 0.3) is 5.82 Å². The van der Waals surface area contributed by atoms with Gasteiger partial charge in [0.2, 0.25) is 0 Å². The summed E-state index contributed by atoms with van der Waals surface area (Å²) in [7, 11) is 1.61. The number of anilines is 1. The predicted molar refractivity (Wildman–Crippen MR) is 144 cm³/mol. The van der Waals surface area contributed by atoms with E-state index < -0.39 is 0 Å². The third kappa shape index (κ3) is 4.05. The second kappa shape index (κ2) is 9.32. The Balaban J connectivity index is 1.69. The number of nitrogens with one attached hydrogen (secondary N) is 1. The monoisotopic (exact) mass is 503 g/mol. The summed E-state index contributed by atoms with van der Waals surface area (Å²) < 4.78 is 7.58. The molecule has 1 N–H and O–H groups in total. The first-order valence-electron chi connectivity index (χ1n) is 11.4. The molecule has 5 rings (SSSR count). The fourth-order valence-electron chi connectivity index (χ4n) is 4.88. The molecule has 0 bridgehead atoms. The number of halogens is 1. The second-order valence-electron chi connectivity index (χ2n) is 8.62. The number of methoxy groups -OCH3 is 1. The molecule has 4 heterocycles. The van der Waals surface area contributed by atoms with Gasteiger partial charge in [0.05, 0.1) is 29.9 Å². The zero-order chi connectivity index (χ0) is 24.7. The Bertz CT molecular complexity index is 1400. The Hall–Kier alpha value is -3.42. The maximum Gasteiger partial charge on any atom is 0.174 e. The first kappa shape index (κ1) is 23.3. The zero-order valence-corrected chi connectivity index (χ0v) is 21.6. The average Bonchev–Trinajstić information content (AvgIpc) is 3.35. The number of aryl methyl sites for hydroxylation is 2. The predicted octanol–water partition coefficient (Wildman–Crippen LogP) is 6.03. The SMILES string of the molecule is COc1ccc(N2C(=S)N[C@@H](c3ccccn3)[C@@H]2c2cc(C)n(-c3ncccc3C)c2C)cc1Cl. The smallest absolute Gasteiger partial charge is 0.174 e. The van der Waals surface area contributed by atoms with Gasteiger partial charge < -0.3 is 19.5 Å². The van der Waals surface area contributed by atoms with Gasteiger partial charge in [-0.25, -0.2) is 4.98 Å². The summed E-state index contributed by atoms with van der Waals surface area (Å²) >= 11 is 12.4. The summed E-state index contributed by atoms with van der Waals surface area (Å²) in [5.74, 6) is 1.55. The molecule has 0 saturated carbocycles. The standard InChI is InChI=1S/C27H26ClN5OS/c1-16-8-7-13-30-26(16)32-17(2)14-20(18(32)3)25-24(22-9-5-6-12-29-22)31-27(35)33(25)19-10-11-23(34-4)21(28)15-19/h5-15,24-25H,1-4H3,(H,31,35)/t24-,25-/m0/s1. The minimum Gasteiger partial charge on any atom is -0.495 e. The quantitative estimate of drug-likeness (QED) is 0.335. The van der Waals surface area contributed by atoms with E-state index in [4.69, 9.17) is 28.6 Å². The number of benzene rings is 1. The van der Waals surface area contributed by atoms with Crippen LogP contribution in [0.3, 0.4) is 0 Å². The number of aromatic nitrogens is 3. The molecule has 1 aliphatic rings. The van der Waals surface area contributed by atoms with Gasteiger partial charge in [0.15, 0.2) is 5.11 Å². The molecule has 8 heteroatoms. The van der Waals surface area contributed by atoms with Crippen LogP contribution < -0.4 is 15.0 Å². The van der Waals surface area contributed by atoms with E-state index in [1.807, 2.05) is 54.9 Å². The number of hydrogen-bond acceptors (Lipinski definition) is 4. The molecule has 0 unspecified atom stereocenters. The van der Waals surface area contributed by atoms with Crippen LogP contribution in [0.1, 0.15) is 40.3 Å². The van der Waals surface area contributed by atoms with Crippen molar-refractivity contribution >= 4 is 34.6 Å². The molecule has 1 aromatic carbocycles. The highest BCUT2D eigenvalue weighted by atomic mass is 35.5. The maximum atomic E-state index is 6.52. The molecule has 1 aliphatic heterocycles.